The summed E-state index contributed by atoms with van der Waals surface area (Å²) in [5.74, 6) is -1.15. The first-order valence-electron chi connectivity index (χ1n) is 20.4. The van der Waals surface area contributed by atoms with Gasteiger partial charge in [0.15, 0.2) is 0 Å². The van der Waals surface area contributed by atoms with E-state index in [1.54, 1.807) is 30.3 Å². The standard InChI is InChI=1S/C45H49ClN6O7/c1-44(2)42(45(3,4)43(44)59-31-11-7-28(23-47)35(46)22-31)49-38(54)27-5-8-29(9-6-27)51-20-17-32(24-51)58-25-26-15-18-50(19-16-26)30-10-12-33-34(21-30)41(57)52(40(33)56)36-13-14-37(53)48-39(36)55/h5-12,21-22,26,32,36,42-43H,13-20,24-25H2,1-4H3,(H,49,54)(H,48,53,55)/t32-,36-,42?,43?/m0/s1. The van der Waals surface area contributed by atoms with Crippen LogP contribution < -0.4 is 25.2 Å². The van der Waals surface area contributed by atoms with Gasteiger partial charge in [0, 0.05) is 79.1 Å². The largest absolute Gasteiger partial charge is 0.489 e. The Balaban J connectivity index is 0.787. The molecule has 0 aromatic heterocycles. The minimum Gasteiger partial charge on any atom is -0.489 e. The second kappa shape index (κ2) is 15.6. The van der Waals surface area contributed by atoms with E-state index in [0.29, 0.717) is 40.0 Å². The molecule has 59 heavy (non-hydrogen) atoms. The Morgan fingerprint density at radius 1 is 0.864 bits per heavy atom. The molecule has 5 amide bonds. The van der Waals surface area contributed by atoms with Crippen LogP contribution in [0.15, 0.2) is 60.7 Å². The van der Waals surface area contributed by atoms with Crippen molar-refractivity contribution in [3.05, 3.63) is 87.9 Å². The topological polar surface area (TPSA) is 161 Å². The molecule has 3 saturated heterocycles. The van der Waals surface area contributed by atoms with E-state index in [1.165, 1.54) is 0 Å². The van der Waals surface area contributed by atoms with Crippen LogP contribution in [0.3, 0.4) is 0 Å². The number of piperidine rings is 2. The van der Waals surface area contributed by atoms with Crippen LogP contribution >= 0.6 is 11.6 Å². The molecule has 8 rings (SSSR count). The number of anilines is 2. The first kappa shape index (κ1) is 40.3. The normalized spacial score (nSPS) is 25.0. The van der Waals surface area contributed by atoms with E-state index in [-0.39, 0.29) is 53.4 Å². The lowest BCUT2D eigenvalue weighted by molar-refractivity contribution is -0.164. The Morgan fingerprint density at radius 2 is 1.54 bits per heavy atom. The highest BCUT2D eigenvalue weighted by molar-refractivity contribution is 6.31. The number of hydrogen-bond donors (Lipinski definition) is 2. The zero-order valence-electron chi connectivity index (χ0n) is 33.8. The maximum Gasteiger partial charge on any atom is 0.262 e. The summed E-state index contributed by atoms with van der Waals surface area (Å²) in [5.41, 5.74) is 2.76. The van der Waals surface area contributed by atoms with Gasteiger partial charge in [-0.2, -0.15) is 5.26 Å². The molecule has 4 aliphatic heterocycles. The number of amides is 5. The molecule has 3 aromatic rings. The van der Waals surface area contributed by atoms with Crippen molar-refractivity contribution in [3.63, 3.8) is 0 Å². The molecule has 308 valence electrons. The Morgan fingerprint density at radius 3 is 2.22 bits per heavy atom. The minimum atomic E-state index is -0.982. The number of carbonyl (C=O) groups excluding carboxylic acids is 5. The number of nitriles is 1. The third-order valence-electron chi connectivity index (χ3n) is 13.0. The summed E-state index contributed by atoms with van der Waals surface area (Å²) in [7, 11) is 0. The van der Waals surface area contributed by atoms with E-state index in [1.807, 2.05) is 30.3 Å². The predicted molar refractivity (Wildman–Crippen MR) is 220 cm³/mol. The molecular formula is C45H49ClN6O7. The lowest BCUT2D eigenvalue weighted by Crippen LogP contribution is -2.74. The van der Waals surface area contributed by atoms with Crippen LogP contribution in [0.25, 0.3) is 0 Å². The van der Waals surface area contributed by atoms with Crippen LogP contribution in [0, 0.1) is 28.1 Å². The van der Waals surface area contributed by atoms with Crippen molar-refractivity contribution < 1.29 is 33.4 Å². The van der Waals surface area contributed by atoms with Crippen molar-refractivity contribution in [2.75, 3.05) is 42.6 Å². The predicted octanol–water partition coefficient (Wildman–Crippen LogP) is 5.74. The molecule has 5 aliphatic rings. The van der Waals surface area contributed by atoms with Gasteiger partial charge in [0.2, 0.25) is 11.8 Å². The fourth-order valence-electron chi connectivity index (χ4n) is 10.0. The Kier molecular flexibility index (Phi) is 10.7. The van der Waals surface area contributed by atoms with Gasteiger partial charge in [-0.3, -0.25) is 34.2 Å². The van der Waals surface area contributed by atoms with Gasteiger partial charge in [-0.25, -0.2) is 0 Å². The van der Waals surface area contributed by atoms with Crippen molar-refractivity contribution >= 4 is 52.5 Å². The maximum absolute atomic E-state index is 13.5. The summed E-state index contributed by atoms with van der Waals surface area (Å²) in [6.45, 7) is 12.2. The molecule has 2 N–H and O–H groups in total. The number of nitrogens with one attached hydrogen (secondary N) is 2. The third kappa shape index (κ3) is 7.53. The Labute approximate surface area is 348 Å². The summed E-state index contributed by atoms with van der Waals surface area (Å²) in [5, 5.41) is 15.1. The number of rotatable bonds is 10. The van der Waals surface area contributed by atoms with Crippen molar-refractivity contribution in [2.24, 2.45) is 16.7 Å². The number of imide groups is 2. The quantitative estimate of drug-likeness (QED) is 0.242. The summed E-state index contributed by atoms with van der Waals surface area (Å²) in [6, 6.07) is 19.1. The molecule has 0 unspecified atom stereocenters. The van der Waals surface area contributed by atoms with Gasteiger partial charge in [-0.1, -0.05) is 39.3 Å². The van der Waals surface area contributed by atoms with E-state index in [9.17, 15) is 29.2 Å². The maximum atomic E-state index is 13.5. The van der Waals surface area contributed by atoms with E-state index in [2.05, 4.69) is 54.2 Å². The number of carbonyl (C=O) groups is 5. The highest BCUT2D eigenvalue weighted by Crippen LogP contribution is 2.55. The van der Waals surface area contributed by atoms with Gasteiger partial charge in [-0.05, 0) is 86.2 Å². The monoisotopic (exact) mass is 820 g/mol. The van der Waals surface area contributed by atoms with Gasteiger partial charge in [0.25, 0.3) is 17.7 Å². The molecule has 4 heterocycles. The number of fused-ring (bicyclic) bond motifs is 1. The van der Waals surface area contributed by atoms with E-state index >= 15 is 0 Å². The molecule has 1 saturated carbocycles. The van der Waals surface area contributed by atoms with E-state index < -0.39 is 29.7 Å². The third-order valence-corrected chi connectivity index (χ3v) is 13.4. The molecule has 3 aromatic carbocycles. The van der Waals surface area contributed by atoms with Gasteiger partial charge < -0.3 is 24.6 Å². The van der Waals surface area contributed by atoms with Crippen LogP contribution in [-0.4, -0.2) is 91.5 Å². The smallest absolute Gasteiger partial charge is 0.262 e. The van der Waals surface area contributed by atoms with Crippen LogP contribution in [0.2, 0.25) is 5.02 Å². The number of hydrogen-bond acceptors (Lipinski definition) is 10. The molecule has 4 fully saturated rings. The number of halogens is 1. The summed E-state index contributed by atoms with van der Waals surface area (Å²) >= 11 is 6.25. The van der Waals surface area contributed by atoms with E-state index in [0.717, 1.165) is 61.7 Å². The average molecular weight is 821 g/mol. The molecule has 14 heteroatoms. The van der Waals surface area contributed by atoms with Crippen molar-refractivity contribution in [1.82, 2.24) is 15.5 Å². The molecule has 0 bridgehead atoms. The van der Waals surface area contributed by atoms with Gasteiger partial charge in [0.1, 0.15) is 24.0 Å². The molecule has 0 spiro atoms. The number of ether oxygens (including phenoxy) is 2. The first-order chi connectivity index (χ1) is 28.1. The minimum absolute atomic E-state index is 0.0845. The van der Waals surface area contributed by atoms with Crippen LogP contribution in [0.4, 0.5) is 11.4 Å². The van der Waals surface area contributed by atoms with Crippen molar-refractivity contribution in [2.45, 2.75) is 84.1 Å². The SMILES string of the molecule is CC1(C)C(NC(=O)c2ccc(N3CC[C@H](OCC4CCN(c5ccc6c(c5)C(=O)N([C@H]5CCC(=O)NC5=O)C6=O)CC4)C3)cc2)C(C)(C)C1Oc1ccc(C#N)c(Cl)c1. The lowest BCUT2D eigenvalue weighted by Gasteiger charge is -2.63. The number of nitrogens with zero attached hydrogens (tertiary/aromatic N) is 4. The zero-order chi connectivity index (χ0) is 41.8. The second-order valence-corrected chi connectivity index (χ2v) is 18.1. The van der Waals surface area contributed by atoms with Crippen molar-refractivity contribution in [1.29, 1.82) is 5.26 Å². The van der Waals surface area contributed by atoms with Gasteiger partial charge in [0.05, 0.1) is 27.8 Å². The van der Waals surface area contributed by atoms with Crippen LogP contribution in [0.1, 0.15) is 96.4 Å². The highest BCUT2D eigenvalue weighted by Gasteiger charge is 2.64. The highest BCUT2D eigenvalue weighted by atomic mass is 35.5. The van der Waals surface area contributed by atoms with Gasteiger partial charge in [-0.15, -0.1) is 0 Å². The molecular weight excluding hydrogens is 772 g/mol. The molecule has 1 aliphatic carbocycles. The fourth-order valence-corrected chi connectivity index (χ4v) is 10.2. The first-order valence-corrected chi connectivity index (χ1v) is 20.8. The molecule has 13 nitrogen and oxygen atoms in total. The van der Waals surface area contributed by atoms with Crippen molar-refractivity contribution in [3.8, 4) is 11.8 Å². The molecule has 2 atom stereocenters. The summed E-state index contributed by atoms with van der Waals surface area (Å²) in [4.78, 5) is 69.5. The second-order valence-electron chi connectivity index (χ2n) is 17.6. The summed E-state index contributed by atoms with van der Waals surface area (Å²) < 4.78 is 12.8. The van der Waals surface area contributed by atoms with Crippen LogP contribution in [0.5, 0.6) is 5.75 Å². The van der Waals surface area contributed by atoms with Crippen LogP contribution in [-0.2, 0) is 14.3 Å². The summed E-state index contributed by atoms with van der Waals surface area (Å²) in [6.07, 6.45) is 2.92. The Bertz CT molecular complexity index is 2230. The van der Waals surface area contributed by atoms with E-state index in [4.69, 9.17) is 21.1 Å². The Hall–Kier alpha value is -5.45. The zero-order valence-corrected chi connectivity index (χ0v) is 34.5. The number of benzene rings is 3. The van der Waals surface area contributed by atoms with Gasteiger partial charge >= 0.3 is 0 Å². The lowest BCUT2D eigenvalue weighted by atomic mass is 9.49. The molecule has 0 radical (unpaired) electrons. The fraction of sp³-hybridized carbons (Fsp3) is 0.467. The average Bonchev–Trinajstić information content (AvgIpc) is 3.80.